The molecule has 0 aliphatic carbocycles. The van der Waals surface area contributed by atoms with Gasteiger partial charge in [0.25, 0.3) is 0 Å². The lowest BCUT2D eigenvalue weighted by Crippen LogP contribution is -2.22. The van der Waals surface area contributed by atoms with Crippen molar-refractivity contribution in [2.45, 2.75) is 32.6 Å². The Kier molecular flexibility index (Phi) is 3.79. The number of hydrogen-bond donors (Lipinski definition) is 1. The van der Waals surface area contributed by atoms with Crippen LogP contribution in [-0.4, -0.2) is 18.1 Å². The van der Waals surface area contributed by atoms with Gasteiger partial charge in [-0.1, -0.05) is 24.6 Å². The first-order chi connectivity index (χ1) is 9.33. The standard InChI is InChI=1S/C17H22N2/c1-13-10-15(11-14-6-4-5-9-18-12-14)16-7-2-3-8-17(16)19-13/h2-3,7-8,10,14,18H,4-6,9,11-12H2,1H3. The maximum absolute atomic E-state index is 4.63. The van der Waals surface area contributed by atoms with Gasteiger partial charge in [0.15, 0.2) is 0 Å². The van der Waals surface area contributed by atoms with Crippen LogP contribution in [0.25, 0.3) is 10.9 Å². The quantitative estimate of drug-likeness (QED) is 0.887. The normalized spacial score (nSPS) is 20.4. The minimum absolute atomic E-state index is 0.771. The second-order valence-corrected chi connectivity index (χ2v) is 5.71. The third kappa shape index (κ3) is 2.95. The van der Waals surface area contributed by atoms with Crippen LogP contribution in [0.5, 0.6) is 0 Å². The summed E-state index contributed by atoms with van der Waals surface area (Å²) in [4.78, 5) is 4.63. The van der Waals surface area contributed by atoms with E-state index in [0.717, 1.165) is 23.7 Å². The minimum atomic E-state index is 0.771. The van der Waals surface area contributed by atoms with Crippen molar-refractivity contribution < 1.29 is 0 Å². The highest BCUT2D eigenvalue weighted by Gasteiger charge is 2.14. The molecule has 2 nitrogen and oxygen atoms in total. The molecule has 2 aromatic rings. The lowest BCUT2D eigenvalue weighted by atomic mass is 9.93. The van der Waals surface area contributed by atoms with Crippen LogP contribution in [0.15, 0.2) is 30.3 Å². The Morgan fingerprint density at radius 3 is 3.11 bits per heavy atom. The number of aryl methyl sites for hydroxylation is 1. The Morgan fingerprint density at radius 1 is 1.26 bits per heavy atom. The fourth-order valence-electron chi connectivity index (χ4n) is 3.14. The van der Waals surface area contributed by atoms with E-state index in [1.54, 1.807) is 0 Å². The molecule has 19 heavy (non-hydrogen) atoms. The molecule has 0 saturated carbocycles. The molecule has 1 atom stereocenters. The lowest BCUT2D eigenvalue weighted by Gasteiger charge is -2.16. The SMILES string of the molecule is Cc1cc(CC2CCCCNC2)c2ccccc2n1. The third-order valence-corrected chi connectivity index (χ3v) is 4.09. The molecule has 0 radical (unpaired) electrons. The number of pyridine rings is 1. The van der Waals surface area contributed by atoms with Gasteiger partial charge in [0.1, 0.15) is 0 Å². The highest BCUT2D eigenvalue weighted by Crippen LogP contribution is 2.23. The summed E-state index contributed by atoms with van der Waals surface area (Å²) >= 11 is 0. The van der Waals surface area contributed by atoms with Crippen molar-refractivity contribution in [3.8, 4) is 0 Å². The van der Waals surface area contributed by atoms with E-state index >= 15 is 0 Å². The van der Waals surface area contributed by atoms with Crippen molar-refractivity contribution >= 4 is 10.9 Å². The second kappa shape index (κ2) is 5.70. The first kappa shape index (κ1) is 12.6. The summed E-state index contributed by atoms with van der Waals surface area (Å²) in [5, 5.41) is 4.90. The molecule has 1 saturated heterocycles. The molecular weight excluding hydrogens is 232 g/mol. The van der Waals surface area contributed by atoms with E-state index in [2.05, 4.69) is 47.6 Å². The summed E-state index contributed by atoms with van der Waals surface area (Å²) in [6, 6.07) is 10.8. The molecule has 1 aromatic carbocycles. The van der Waals surface area contributed by atoms with Crippen LogP contribution >= 0.6 is 0 Å². The van der Waals surface area contributed by atoms with Crippen molar-refractivity contribution in [3.05, 3.63) is 41.6 Å². The highest BCUT2D eigenvalue weighted by atomic mass is 14.9. The third-order valence-electron chi connectivity index (χ3n) is 4.09. The summed E-state index contributed by atoms with van der Waals surface area (Å²) in [5.74, 6) is 0.771. The minimum Gasteiger partial charge on any atom is -0.316 e. The van der Waals surface area contributed by atoms with Crippen molar-refractivity contribution in [1.29, 1.82) is 0 Å². The molecule has 2 heterocycles. The van der Waals surface area contributed by atoms with Crippen LogP contribution < -0.4 is 5.32 Å². The number of rotatable bonds is 2. The van der Waals surface area contributed by atoms with E-state index in [4.69, 9.17) is 0 Å². The zero-order valence-corrected chi connectivity index (χ0v) is 11.7. The van der Waals surface area contributed by atoms with Gasteiger partial charge < -0.3 is 5.32 Å². The van der Waals surface area contributed by atoms with Crippen LogP contribution in [0.4, 0.5) is 0 Å². The van der Waals surface area contributed by atoms with Gasteiger partial charge in [0.2, 0.25) is 0 Å². The summed E-state index contributed by atoms with van der Waals surface area (Å²) in [6.45, 7) is 4.45. The number of para-hydroxylation sites is 1. The molecule has 1 N–H and O–H groups in total. The van der Waals surface area contributed by atoms with Gasteiger partial charge >= 0.3 is 0 Å². The average molecular weight is 254 g/mol. The first-order valence-electron chi connectivity index (χ1n) is 7.39. The van der Waals surface area contributed by atoms with Gasteiger partial charge in [-0.3, -0.25) is 4.98 Å². The molecule has 1 aliphatic heterocycles. The molecule has 3 rings (SSSR count). The number of fused-ring (bicyclic) bond motifs is 1. The molecule has 0 spiro atoms. The van der Waals surface area contributed by atoms with Gasteiger partial charge in [-0.15, -0.1) is 0 Å². The molecule has 1 aromatic heterocycles. The maximum Gasteiger partial charge on any atom is 0.0707 e. The number of nitrogens with zero attached hydrogens (tertiary/aromatic N) is 1. The zero-order chi connectivity index (χ0) is 13.1. The summed E-state index contributed by atoms with van der Waals surface area (Å²) < 4.78 is 0. The van der Waals surface area contributed by atoms with Crippen molar-refractivity contribution in [3.63, 3.8) is 0 Å². The second-order valence-electron chi connectivity index (χ2n) is 5.71. The van der Waals surface area contributed by atoms with Crippen LogP contribution in [0.2, 0.25) is 0 Å². The fourth-order valence-corrected chi connectivity index (χ4v) is 3.14. The van der Waals surface area contributed by atoms with E-state index in [0.29, 0.717) is 0 Å². The zero-order valence-electron chi connectivity index (χ0n) is 11.7. The van der Waals surface area contributed by atoms with Gasteiger partial charge in [-0.25, -0.2) is 0 Å². The molecule has 1 aliphatic rings. The summed E-state index contributed by atoms with van der Waals surface area (Å²) in [6.07, 6.45) is 5.21. The fraction of sp³-hybridized carbons (Fsp3) is 0.471. The predicted molar refractivity (Wildman–Crippen MR) is 80.4 cm³/mol. The Bertz CT molecular complexity index is 554. The monoisotopic (exact) mass is 254 g/mol. The average Bonchev–Trinajstić information content (AvgIpc) is 2.67. The number of aromatic nitrogens is 1. The molecule has 0 amide bonds. The van der Waals surface area contributed by atoms with E-state index in [-0.39, 0.29) is 0 Å². The van der Waals surface area contributed by atoms with Crippen molar-refractivity contribution in [2.24, 2.45) is 5.92 Å². The smallest absolute Gasteiger partial charge is 0.0707 e. The Hall–Kier alpha value is -1.41. The predicted octanol–water partition coefficient (Wildman–Crippen LogP) is 3.48. The van der Waals surface area contributed by atoms with Crippen LogP contribution in [-0.2, 0) is 6.42 Å². The molecule has 100 valence electrons. The summed E-state index contributed by atoms with van der Waals surface area (Å²) in [5.41, 5.74) is 3.74. The van der Waals surface area contributed by atoms with E-state index in [9.17, 15) is 0 Å². The topological polar surface area (TPSA) is 24.9 Å². The molecule has 1 unspecified atom stereocenters. The van der Waals surface area contributed by atoms with Crippen molar-refractivity contribution in [2.75, 3.05) is 13.1 Å². The van der Waals surface area contributed by atoms with E-state index in [1.165, 1.54) is 43.2 Å². The first-order valence-corrected chi connectivity index (χ1v) is 7.39. The van der Waals surface area contributed by atoms with Gasteiger partial charge in [0.05, 0.1) is 5.52 Å². The van der Waals surface area contributed by atoms with Crippen LogP contribution in [0, 0.1) is 12.8 Å². The van der Waals surface area contributed by atoms with Crippen LogP contribution in [0.1, 0.15) is 30.5 Å². The number of hydrogen-bond acceptors (Lipinski definition) is 2. The molecule has 0 bridgehead atoms. The Morgan fingerprint density at radius 2 is 2.16 bits per heavy atom. The Balaban J connectivity index is 1.90. The maximum atomic E-state index is 4.63. The lowest BCUT2D eigenvalue weighted by molar-refractivity contribution is 0.478. The van der Waals surface area contributed by atoms with Crippen molar-refractivity contribution in [1.82, 2.24) is 10.3 Å². The molecule has 1 fully saturated rings. The number of nitrogens with one attached hydrogen (secondary N) is 1. The Labute approximate surface area is 115 Å². The van der Waals surface area contributed by atoms with Crippen LogP contribution in [0.3, 0.4) is 0 Å². The van der Waals surface area contributed by atoms with Gasteiger partial charge in [-0.05, 0) is 62.9 Å². The largest absolute Gasteiger partial charge is 0.316 e. The molecular formula is C17H22N2. The van der Waals surface area contributed by atoms with E-state index in [1.807, 2.05) is 0 Å². The number of benzene rings is 1. The van der Waals surface area contributed by atoms with Gasteiger partial charge in [0, 0.05) is 11.1 Å². The van der Waals surface area contributed by atoms with E-state index < -0.39 is 0 Å². The van der Waals surface area contributed by atoms with Gasteiger partial charge in [-0.2, -0.15) is 0 Å². The molecule has 2 heteroatoms. The summed E-state index contributed by atoms with van der Waals surface area (Å²) in [7, 11) is 0. The highest BCUT2D eigenvalue weighted by molar-refractivity contribution is 5.82.